The molecule has 0 aliphatic heterocycles. The molecule has 0 heterocycles. The van der Waals surface area contributed by atoms with Crippen molar-refractivity contribution in [2.24, 2.45) is 0 Å². The van der Waals surface area contributed by atoms with Crippen molar-refractivity contribution in [3.05, 3.63) is 83.9 Å². The van der Waals surface area contributed by atoms with E-state index in [1.165, 1.54) is 0 Å². The van der Waals surface area contributed by atoms with Crippen LogP contribution in [0.3, 0.4) is 0 Å². The van der Waals surface area contributed by atoms with E-state index in [4.69, 9.17) is 9.84 Å². The molecule has 3 N–H and O–H groups in total. The fraction of sp³-hybridized carbons (Fsp3) is 0.273. The number of alkyl carbamates (subject to hydrolysis) is 1. The van der Waals surface area contributed by atoms with Gasteiger partial charge in [-0.25, -0.2) is 4.79 Å². The second-order valence-electron chi connectivity index (χ2n) is 6.18. The Labute approximate surface area is 165 Å². The Hall–Kier alpha value is -3.12. The van der Waals surface area contributed by atoms with E-state index >= 15 is 0 Å². The number of hydrogen-bond donors (Lipinski definition) is 3. The summed E-state index contributed by atoms with van der Waals surface area (Å²) in [6, 6.07) is 18.1. The largest absolute Gasteiger partial charge is 0.445 e. The summed E-state index contributed by atoms with van der Waals surface area (Å²) in [6.45, 7) is 0.525. The quantitative estimate of drug-likeness (QED) is 0.551. The molecular weight excluding hydrogens is 356 g/mol. The fourth-order valence-electron chi connectivity index (χ4n) is 2.52. The molecule has 0 fully saturated rings. The van der Waals surface area contributed by atoms with E-state index < -0.39 is 12.1 Å². The van der Waals surface area contributed by atoms with Gasteiger partial charge in [0.05, 0.1) is 0 Å². The van der Waals surface area contributed by atoms with Crippen LogP contribution < -0.4 is 10.6 Å². The first-order chi connectivity index (χ1) is 13.7. The second kappa shape index (κ2) is 12.3. The lowest BCUT2D eigenvalue weighted by atomic mass is 10.1. The molecule has 0 spiro atoms. The summed E-state index contributed by atoms with van der Waals surface area (Å²) < 4.78 is 5.23. The summed E-state index contributed by atoms with van der Waals surface area (Å²) in [5, 5.41) is 14.2. The molecular formula is C22H26N2O4. The van der Waals surface area contributed by atoms with Gasteiger partial charge in [0, 0.05) is 19.6 Å². The van der Waals surface area contributed by atoms with Gasteiger partial charge in [0.2, 0.25) is 5.91 Å². The molecule has 6 heteroatoms. The van der Waals surface area contributed by atoms with Gasteiger partial charge >= 0.3 is 6.09 Å². The monoisotopic (exact) mass is 382 g/mol. The van der Waals surface area contributed by atoms with Crippen molar-refractivity contribution in [3.8, 4) is 0 Å². The molecule has 0 aliphatic carbocycles. The topological polar surface area (TPSA) is 87.7 Å². The van der Waals surface area contributed by atoms with Gasteiger partial charge in [-0.3, -0.25) is 4.79 Å². The summed E-state index contributed by atoms with van der Waals surface area (Å²) in [7, 11) is 0. The van der Waals surface area contributed by atoms with E-state index in [-0.39, 0.29) is 19.1 Å². The summed E-state index contributed by atoms with van der Waals surface area (Å²) in [4.78, 5) is 24.7. The van der Waals surface area contributed by atoms with Crippen molar-refractivity contribution in [1.29, 1.82) is 0 Å². The predicted octanol–water partition coefficient (Wildman–Crippen LogP) is 2.58. The Morgan fingerprint density at radius 1 is 0.964 bits per heavy atom. The molecule has 2 aromatic carbocycles. The van der Waals surface area contributed by atoms with Crippen molar-refractivity contribution >= 4 is 12.0 Å². The van der Waals surface area contributed by atoms with E-state index in [0.717, 1.165) is 11.1 Å². The zero-order chi connectivity index (χ0) is 20.0. The standard InChI is InChI=1S/C22H26N2O4/c25-15-9-3-8-14-23-21(26)20(16-18-10-4-1-5-11-18)24-22(27)28-17-19-12-6-2-7-13-19/h1-8,10-13,20,25H,9,14-17H2,(H,23,26)(H,24,27)/b8-3+. The molecule has 28 heavy (non-hydrogen) atoms. The van der Waals surface area contributed by atoms with Crippen LogP contribution in [0.4, 0.5) is 4.79 Å². The van der Waals surface area contributed by atoms with Crippen LogP contribution in [0.2, 0.25) is 0 Å². The van der Waals surface area contributed by atoms with Crippen LogP contribution in [0.5, 0.6) is 0 Å². The number of aliphatic hydroxyl groups excluding tert-OH is 1. The SMILES string of the molecule is O=C(NC(Cc1ccccc1)C(=O)NC/C=C/CCO)OCc1ccccc1. The smallest absolute Gasteiger partial charge is 0.408 e. The van der Waals surface area contributed by atoms with E-state index in [2.05, 4.69) is 10.6 Å². The number of benzene rings is 2. The fourth-order valence-corrected chi connectivity index (χ4v) is 2.52. The number of rotatable bonds is 10. The summed E-state index contributed by atoms with van der Waals surface area (Å²) in [5.74, 6) is -0.297. The number of ether oxygens (including phenoxy) is 1. The van der Waals surface area contributed by atoms with E-state index in [1.54, 1.807) is 12.2 Å². The third-order valence-corrected chi connectivity index (χ3v) is 3.96. The van der Waals surface area contributed by atoms with Crippen LogP contribution in [0.1, 0.15) is 17.5 Å². The minimum absolute atomic E-state index is 0.0654. The first kappa shape index (κ1) is 21.2. The van der Waals surface area contributed by atoms with E-state index in [0.29, 0.717) is 19.4 Å². The Balaban J connectivity index is 1.92. The maximum Gasteiger partial charge on any atom is 0.408 e. The van der Waals surface area contributed by atoms with Gasteiger partial charge in [-0.05, 0) is 17.5 Å². The summed E-state index contributed by atoms with van der Waals surface area (Å²) in [5.41, 5.74) is 1.80. The first-order valence-electron chi connectivity index (χ1n) is 9.23. The zero-order valence-corrected chi connectivity index (χ0v) is 15.7. The van der Waals surface area contributed by atoms with Gasteiger partial charge in [0.15, 0.2) is 0 Å². The molecule has 0 aliphatic rings. The zero-order valence-electron chi connectivity index (χ0n) is 15.7. The highest BCUT2D eigenvalue weighted by Gasteiger charge is 2.21. The molecule has 0 saturated carbocycles. The van der Waals surface area contributed by atoms with Crippen LogP contribution in [0.25, 0.3) is 0 Å². The van der Waals surface area contributed by atoms with Crippen molar-refractivity contribution in [3.63, 3.8) is 0 Å². The lowest BCUT2D eigenvalue weighted by molar-refractivity contribution is -0.122. The first-order valence-corrected chi connectivity index (χ1v) is 9.23. The molecule has 2 aromatic rings. The van der Waals surface area contributed by atoms with Gasteiger partial charge in [0.1, 0.15) is 12.6 Å². The molecule has 0 radical (unpaired) electrons. The molecule has 148 valence electrons. The highest BCUT2D eigenvalue weighted by atomic mass is 16.5. The van der Waals surface area contributed by atoms with Crippen LogP contribution in [-0.2, 0) is 22.6 Å². The average molecular weight is 382 g/mol. The van der Waals surface area contributed by atoms with Crippen molar-refractivity contribution in [2.45, 2.75) is 25.5 Å². The summed E-state index contributed by atoms with van der Waals surface area (Å²) >= 11 is 0. The molecule has 6 nitrogen and oxygen atoms in total. The number of hydrogen-bond acceptors (Lipinski definition) is 4. The summed E-state index contributed by atoms with van der Waals surface area (Å²) in [6.07, 6.45) is 3.80. The van der Waals surface area contributed by atoms with Gasteiger partial charge in [-0.15, -0.1) is 0 Å². The lowest BCUT2D eigenvalue weighted by Gasteiger charge is -2.18. The van der Waals surface area contributed by atoms with Crippen molar-refractivity contribution in [1.82, 2.24) is 10.6 Å². The minimum atomic E-state index is -0.753. The average Bonchev–Trinajstić information content (AvgIpc) is 2.73. The maximum absolute atomic E-state index is 12.5. The van der Waals surface area contributed by atoms with Crippen LogP contribution in [-0.4, -0.2) is 36.3 Å². The molecule has 2 rings (SSSR count). The highest BCUT2D eigenvalue weighted by Crippen LogP contribution is 2.05. The number of aliphatic hydroxyl groups is 1. The molecule has 0 saturated heterocycles. The Morgan fingerprint density at radius 3 is 2.25 bits per heavy atom. The highest BCUT2D eigenvalue weighted by molar-refractivity contribution is 5.86. The minimum Gasteiger partial charge on any atom is -0.445 e. The second-order valence-corrected chi connectivity index (χ2v) is 6.18. The molecule has 0 aromatic heterocycles. The van der Waals surface area contributed by atoms with Crippen LogP contribution >= 0.6 is 0 Å². The Bertz CT molecular complexity index is 748. The van der Waals surface area contributed by atoms with Gasteiger partial charge in [-0.1, -0.05) is 72.8 Å². The Kier molecular flexibility index (Phi) is 9.31. The van der Waals surface area contributed by atoms with Crippen molar-refractivity contribution in [2.75, 3.05) is 13.2 Å². The van der Waals surface area contributed by atoms with Gasteiger partial charge in [-0.2, -0.15) is 0 Å². The third kappa shape index (κ3) is 8.05. The number of amides is 2. The van der Waals surface area contributed by atoms with E-state index in [1.807, 2.05) is 60.7 Å². The third-order valence-electron chi connectivity index (χ3n) is 3.96. The number of carbonyl (C=O) groups is 2. The van der Waals surface area contributed by atoms with Crippen LogP contribution in [0.15, 0.2) is 72.8 Å². The molecule has 1 atom stereocenters. The van der Waals surface area contributed by atoms with Gasteiger partial charge < -0.3 is 20.5 Å². The maximum atomic E-state index is 12.5. The predicted molar refractivity (Wildman–Crippen MR) is 108 cm³/mol. The number of carbonyl (C=O) groups excluding carboxylic acids is 2. The number of nitrogens with one attached hydrogen (secondary N) is 2. The molecule has 1 unspecified atom stereocenters. The van der Waals surface area contributed by atoms with E-state index in [9.17, 15) is 9.59 Å². The molecule has 2 amide bonds. The lowest BCUT2D eigenvalue weighted by Crippen LogP contribution is -2.48. The normalized spacial score (nSPS) is 11.8. The van der Waals surface area contributed by atoms with Gasteiger partial charge in [0.25, 0.3) is 0 Å². The van der Waals surface area contributed by atoms with Crippen LogP contribution in [0, 0.1) is 0 Å². The molecule has 0 bridgehead atoms. The van der Waals surface area contributed by atoms with Crippen molar-refractivity contribution < 1.29 is 19.4 Å². The Morgan fingerprint density at radius 2 is 1.61 bits per heavy atom.